The third kappa shape index (κ3) is 1.13. The summed E-state index contributed by atoms with van der Waals surface area (Å²) in [5.74, 6) is 0.598. The lowest BCUT2D eigenvalue weighted by atomic mass is 9.79. The van der Waals surface area contributed by atoms with Gasteiger partial charge in [-0.3, -0.25) is 4.99 Å². The molecule has 0 spiro atoms. The highest BCUT2D eigenvalue weighted by molar-refractivity contribution is 6.03. The molecule has 14 heavy (non-hydrogen) atoms. The number of fused-ring (bicyclic) bond motifs is 2. The smallest absolute Gasteiger partial charge is 0.0585 e. The number of aliphatic imine (C=N–C) groups is 1. The average molecular weight is 190 g/mol. The SMILES string of the molecule is NC1=C2CCCC2=NC2CCCCC12. The summed E-state index contributed by atoms with van der Waals surface area (Å²) in [5, 5.41) is 0. The first-order valence-corrected chi connectivity index (χ1v) is 5.92. The van der Waals surface area contributed by atoms with Crippen molar-refractivity contribution in [1.82, 2.24) is 0 Å². The number of nitrogens with two attached hydrogens (primary N) is 1. The first-order valence-electron chi connectivity index (χ1n) is 5.92. The van der Waals surface area contributed by atoms with Crippen molar-refractivity contribution in [3.8, 4) is 0 Å². The highest BCUT2D eigenvalue weighted by Gasteiger charge is 2.34. The molecular weight excluding hydrogens is 172 g/mol. The van der Waals surface area contributed by atoms with Crippen LogP contribution in [0.15, 0.2) is 16.3 Å². The van der Waals surface area contributed by atoms with Gasteiger partial charge in [-0.1, -0.05) is 12.8 Å². The molecule has 0 aromatic carbocycles. The Hall–Kier alpha value is -0.790. The molecule has 2 unspecified atom stereocenters. The van der Waals surface area contributed by atoms with Crippen molar-refractivity contribution in [3.63, 3.8) is 0 Å². The van der Waals surface area contributed by atoms with Crippen LogP contribution in [0.5, 0.6) is 0 Å². The van der Waals surface area contributed by atoms with Crippen molar-refractivity contribution in [3.05, 3.63) is 11.3 Å². The van der Waals surface area contributed by atoms with E-state index >= 15 is 0 Å². The lowest BCUT2D eigenvalue weighted by Crippen LogP contribution is -2.33. The zero-order chi connectivity index (χ0) is 9.54. The van der Waals surface area contributed by atoms with Crippen LogP contribution < -0.4 is 5.73 Å². The summed E-state index contributed by atoms with van der Waals surface area (Å²) >= 11 is 0. The maximum atomic E-state index is 6.27. The predicted molar refractivity (Wildman–Crippen MR) is 58.2 cm³/mol. The molecular formula is C12H18N2. The molecule has 76 valence electrons. The molecule has 2 N–H and O–H groups in total. The van der Waals surface area contributed by atoms with E-state index in [0.717, 1.165) is 0 Å². The number of dihydropyridines is 1. The zero-order valence-electron chi connectivity index (χ0n) is 8.63. The van der Waals surface area contributed by atoms with E-state index < -0.39 is 0 Å². The van der Waals surface area contributed by atoms with Gasteiger partial charge in [0.2, 0.25) is 0 Å². The molecule has 0 aromatic rings. The van der Waals surface area contributed by atoms with E-state index in [1.54, 1.807) is 0 Å². The van der Waals surface area contributed by atoms with Gasteiger partial charge in [-0.2, -0.15) is 0 Å². The summed E-state index contributed by atoms with van der Waals surface area (Å²) in [6.45, 7) is 0. The number of rotatable bonds is 0. The molecule has 3 rings (SSSR count). The Kier molecular flexibility index (Phi) is 1.89. The van der Waals surface area contributed by atoms with Crippen LogP contribution in [0.4, 0.5) is 0 Å². The number of hydrogen-bond donors (Lipinski definition) is 1. The average Bonchev–Trinajstić information content (AvgIpc) is 2.66. The van der Waals surface area contributed by atoms with Crippen LogP contribution in [0, 0.1) is 5.92 Å². The molecule has 1 aliphatic heterocycles. The summed E-state index contributed by atoms with van der Waals surface area (Å²) in [7, 11) is 0. The van der Waals surface area contributed by atoms with Crippen molar-refractivity contribution < 1.29 is 0 Å². The van der Waals surface area contributed by atoms with E-state index in [1.165, 1.54) is 61.9 Å². The van der Waals surface area contributed by atoms with Gasteiger partial charge in [0.1, 0.15) is 0 Å². The van der Waals surface area contributed by atoms with Crippen LogP contribution in [-0.4, -0.2) is 11.8 Å². The van der Waals surface area contributed by atoms with Crippen molar-refractivity contribution in [1.29, 1.82) is 0 Å². The van der Waals surface area contributed by atoms with Gasteiger partial charge >= 0.3 is 0 Å². The fraction of sp³-hybridized carbons (Fsp3) is 0.750. The highest BCUT2D eigenvalue weighted by atomic mass is 14.9. The summed E-state index contributed by atoms with van der Waals surface area (Å²) in [5.41, 5.74) is 10.3. The van der Waals surface area contributed by atoms with Gasteiger partial charge in [-0.05, 0) is 37.7 Å². The molecule has 2 heteroatoms. The highest BCUT2D eigenvalue weighted by Crippen LogP contribution is 2.39. The van der Waals surface area contributed by atoms with Gasteiger partial charge in [0, 0.05) is 17.3 Å². The maximum Gasteiger partial charge on any atom is 0.0585 e. The Balaban J connectivity index is 1.98. The largest absolute Gasteiger partial charge is 0.401 e. The summed E-state index contributed by atoms with van der Waals surface area (Å²) < 4.78 is 0. The Labute approximate surface area is 85.3 Å². The van der Waals surface area contributed by atoms with Gasteiger partial charge in [0.25, 0.3) is 0 Å². The molecule has 0 amide bonds. The van der Waals surface area contributed by atoms with Gasteiger partial charge in [0.15, 0.2) is 0 Å². The monoisotopic (exact) mass is 190 g/mol. The molecule has 1 heterocycles. The Morgan fingerprint density at radius 3 is 2.86 bits per heavy atom. The van der Waals surface area contributed by atoms with Crippen LogP contribution in [0.2, 0.25) is 0 Å². The summed E-state index contributed by atoms with van der Waals surface area (Å²) in [6, 6.07) is 0.542. The quantitative estimate of drug-likeness (QED) is 0.626. The number of nitrogens with zero attached hydrogens (tertiary/aromatic N) is 1. The topological polar surface area (TPSA) is 38.4 Å². The van der Waals surface area contributed by atoms with Gasteiger partial charge in [-0.15, -0.1) is 0 Å². The van der Waals surface area contributed by atoms with Gasteiger partial charge < -0.3 is 5.73 Å². The third-order valence-corrected chi connectivity index (χ3v) is 3.99. The number of hydrogen-bond acceptors (Lipinski definition) is 2. The summed E-state index contributed by atoms with van der Waals surface area (Å²) in [6.07, 6.45) is 8.88. The first kappa shape index (κ1) is 8.51. The van der Waals surface area contributed by atoms with Gasteiger partial charge in [0.05, 0.1) is 6.04 Å². The maximum absolute atomic E-state index is 6.27. The minimum Gasteiger partial charge on any atom is -0.401 e. The van der Waals surface area contributed by atoms with Crippen LogP contribution >= 0.6 is 0 Å². The van der Waals surface area contributed by atoms with Crippen LogP contribution in [-0.2, 0) is 0 Å². The lowest BCUT2D eigenvalue weighted by Gasteiger charge is -2.33. The Morgan fingerprint density at radius 2 is 1.93 bits per heavy atom. The molecule has 0 bridgehead atoms. The number of allylic oxidation sites excluding steroid dienone is 1. The molecule has 0 aromatic heterocycles. The normalized spacial score (nSPS) is 36.4. The second kappa shape index (κ2) is 3.11. The molecule has 2 nitrogen and oxygen atoms in total. The first-order chi connectivity index (χ1) is 6.86. The second-order valence-corrected chi connectivity index (χ2v) is 4.82. The minimum atomic E-state index is 0.542. The van der Waals surface area contributed by atoms with E-state index in [1.807, 2.05) is 0 Å². The van der Waals surface area contributed by atoms with Crippen molar-refractivity contribution in [2.45, 2.75) is 51.0 Å². The molecule has 2 saturated carbocycles. The third-order valence-electron chi connectivity index (χ3n) is 3.99. The Bertz CT molecular complexity index is 314. The molecule has 2 fully saturated rings. The van der Waals surface area contributed by atoms with E-state index in [2.05, 4.69) is 0 Å². The van der Waals surface area contributed by atoms with Crippen LogP contribution in [0.25, 0.3) is 0 Å². The molecule has 0 radical (unpaired) electrons. The fourth-order valence-electron chi connectivity index (χ4n) is 3.23. The van der Waals surface area contributed by atoms with Gasteiger partial charge in [-0.25, -0.2) is 0 Å². The molecule has 2 aliphatic carbocycles. The lowest BCUT2D eigenvalue weighted by molar-refractivity contribution is 0.342. The van der Waals surface area contributed by atoms with E-state index in [4.69, 9.17) is 10.7 Å². The van der Waals surface area contributed by atoms with E-state index in [-0.39, 0.29) is 0 Å². The minimum absolute atomic E-state index is 0.542. The van der Waals surface area contributed by atoms with Crippen molar-refractivity contribution in [2.75, 3.05) is 0 Å². The van der Waals surface area contributed by atoms with Crippen molar-refractivity contribution in [2.24, 2.45) is 16.6 Å². The fourth-order valence-corrected chi connectivity index (χ4v) is 3.23. The van der Waals surface area contributed by atoms with Crippen molar-refractivity contribution >= 4 is 5.71 Å². The Morgan fingerprint density at radius 1 is 1.07 bits per heavy atom. The van der Waals surface area contributed by atoms with E-state index in [9.17, 15) is 0 Å². The zero-order valence-corrected chi connectivity index (χ0v) is 8.63. The predicted octanol–water partition coefficient (Wildman–Crippen LogP) is 2.40. The molecule has 3 aliphatic rings. The van der Waals surface area contributed by atoms with Crippen LogP contribution in [0.1, 0.15) is 44.9 Å². The standard InChI is InChI=1S/C12H18N2/c13-12-8-4-1-2-6-10(8)14-11-7-3-5-9(11)12/h8,10H,1-7,13H2. The molecule has 2 atom stereocenters. The summed E-state index contributed by atoms with van der Waals surface area (Å²) in [4.78, 5) is 4.89. The van der Waals surface area contributed by atoms with Crippen LogP contribution in [0.3, 0.4) is 0 Å². The second-order valence-electron chi connectivity index (χ2n) is 4.82. The molecule has 0 saturated heterocycles. The van der Waals surface area contributed by atoms with E-state index in [0.29, 0.717) is 12.0 Å².